The van der Waals surface area contributed by atoms with E-state index in [0.717, 1.165) is 20.3 Å². The number of benzene rings is 3. The third kappa shape index (κ3) is 5.32. The Morgan fingerprint density at radius 3 is 2.29 bits per heavy atom. The maximum atomic E-state index is 13.6. The Balaban J connectivity index is 1.67. The number of nitrogens with zero attached hydrogens (tertiary/aromatic N) is 2. The third-order valence-corrected chi connectivity index (χ3v) is 8.31. The van der Waals surface area contributed by atoms with E-state index in [9.17, 15) is 18.0 Å². The van der Waals surface area contributed by atoms with Crippen LogP contribution in [0.3, 0.4) is 0 Å². The minimum absolute atomic E-state index is 0.0292. The van der Waals surface area contributed by atoms with Gasteiger partial charge in [0.1, 0.15) is 6.04 Å². The van der Waals surface area contributed by atoms with E-state index < -0.39 is 27.9 Å². The number of carbonyl (C=O) groups is 2. The first-order valence-corrected chi connectivity index (χ1v) is 13.3. The number of amides is 2. The van der Waals surface area contributed by atoms with Crippen LogP contribution in [0.25, 0.3) is 0 Å². The Morgan fingerprint density at radius 2 is 1.66 bits per heavy atom. The molecule has 6 nitrogen and oxygen atoms in total. The smallest absolute Gasteiger partial charge is 0.252 e. The van der Waals surface area contributed by atoms with Crippen molar-refractivity contribution in [3.8, 4) is 0 Å². The Hall–Kier alpha value is -3.00. The first-order chi connectivity index (χ1) is 16.7. The van der Waals surface area contributed by atoms with Crippen LogP contribution in [0.15, 0.2) is 83.8 Å². The zero-order chi connectivity index (χ0) is 25.2. The summed E-state index contributed by atoms with van der Waals surface area (Å²) in [4.78, 5) is 27.6. The summed E-state index contributed by atoms with van der Waals surface area (Å²) in [6.07, 6.45) is 0.125. The summed E-state index contributed by atoms with van der Waals surface area (Å²) < 4.78 is 28.4. The van der Waals surface area contributed by atoms with E-state index in [-0.39, 0.29) is 17.9 Å². The fourth-order valence-corrected chi connectivity index (χ4v) is 6.04. The van der Waals surface area contributed by atoms with Crippen LogP contribution < -0.4 is 4.90 Å². The maximum Gasteiger partial charge on any atom is 0.252 e. The molecule has 4 rings (SSSR count). The Labute approximate surface area is 211 Å². The SMILES string of the molecule is CC(C)c1ccc(N2C(=O)CC(N(CCc3cccc(Cl)c3)S(=O)(=O)c3ccccc3)C2=O)cc1. The average Bonchev–Trinajstić information content (AvgIpc) is 3.13. The standard InChI is InChI=1S/C27H27ClN2O4S/c1-19(2)21-11-13-23(14-12-21)30-26(31)18-25(27(30)32)29(16-15-20-7-6-8-22(28)17-20)35(33,34)24-9-4-3-5-10-24/h3-14,17,19,25H,15-16,18H2,1-2H3. The monoisotopic (exact) mass is 510 g/mol. The highest BCUT2D eigenvalue weighted by molar-refractivity contribution is 7.89. The molecule has 0 saturated carbocycles. The number of hydrogen-bond donors (Lipinski definition) is 0. The molecule has 1 aliphatic heterocycles. The van der Waals surface area contributed by atoms with Crippen LogP contribution in [0.5, 0.6) is 0 Å². The molecule has 1 heterocycles. The van der Waals surface area contributed by atoms with Crippen molar-refractivity contribution in [2.45, 2.75) is 43.5 Å². The molecule has 1 unspecified atom stereocenters. The van der Waals surface area contributed by atoms with Crippen LogP contribution >= 0.6 is 11.6 Å². The minimum atomic E-state index is -4.04. The molecule has 1 fully saturated rings. The van der Waals surface area contributed by atoms with Crippen molar-refractivity contribution in [2.24, 2.45) is 0 Å². The molecular formula is C27H27ClN2O4S. The molecule has 0 N–H and O–H groups in total. The molecule has 2 amide bonds. The first-order valence-electron chi connectivity index (χ1n) is 11.5. The molecule has 0 aliphatic carbocycles. The van der Waals surface area contributed by atoms with E-state index in [1.54, 1.807) is 48.5 Å². The summed E-state index contributed by atoms with van der Waals surface area (Å²) in [7, 11) is -4.04. The largest absolute Gasteiger partial charge is 0.274 e. The lowest BCUT2D eigenvalue weighted by Gasteiger charge is -2.27. The van der Waals surface area contributed by atoms with Gasteiger partial charge in [-0.3, -0.25) is 9.59 Å². The van der Waals surface area contributed by atoms with Gasteiger partial charge in [-0.2, -0.15) is 4.31 Å². The zero-order valence-corrected chi connectivity index (χ0v) is 21.2. The van der Waals surface area contributed by atoms with E-state index in [2.05, 4.69) is 13.8 Å². The van der Waals surface area contributed by atoms with E-state index in [1.807, 2.05) is 18.2 Å². The van der Waals surface area contributed by atoms with Crippen molar-refractivity contribution >= 4 is 39.1 Å². The maximum absolute atomic E-state index is 13.6. The molecule has 1 saturated heterocycles. The lowest BCUT2D eigenvalue weighted by molar-refractivity contribution is -0.122. The van der Waals surface area contributed by atoms with Gasteiger partial charge in [-0.25, -0.2) is 13.3 Å². The van der Waals surface area contributed by atoms with Crippen LogP contribution in [0.2, 0.25) is 5.02 Å². The molecule has 0 bridgehead atoms. The van der Waals surface area contributed by atoms with Crippen molar-refractivity contribution in [1.29, 1.82) is 0 Å². The highest BCUT2D eigenvalue weighted by Crippen LogP contribution is 2.30. The summed E-state index contributed by atoms with van der Waals surface area (Å²) in [6, 6.07) is 21.2. The van der Waals surface area contributed by atoms with E-state index >= 15 is 0 Å². The van der Waals surface area contributed by atoms with Gasteiger partial charge in [-0.05, 0) is 59.9 Å². The van der Waals surface area contributed by atoms with Gasteiger partial charge >= 0.3 is 0 Å². The van der Waals surface area contributed by atoms with Crippen molar-refractivity contribution in [3.05, 3.63) is 95.0 Å². The molecule has 0 radical (unpaired) electrons. The second kappa shape index (κ2) is 10.3. The van der Waals surface area contributed by atoms with Gasteiger partial charge in [0.05, 0.1) is 17.0 Å². The van der Waals surface area contributed by atoms with Crippen molar-refractivity contribution < 1.29 is 18.0 Å². The number of sulfonamides is 1. The molecule has 3 aromatic carbocycles. The topological polar surface area (TPSA) is 74.8 Å². The van der Waals surface area contributed by atoms with Crippen LogP contribution in [0.4, 0.5) is 5.69 Å². The second-order valence-corrected chi connectivity index (χ2v) is 11.2. The lowest BCUT2D eigenvalue weighted by atomic mass is 10.0. The first kappa shape index (κ1) is 25.1. The molecule has 0 aromatic heterocycles. The van der Waals surface area contributed by atoms with Gasteiger partial charge in [-0.15, -0.1) is 0 Å². The highest BCUT2D eigenvalue weighted by Gasteiger charge is 2.46. The molecule has 1 aliphatic rings. The fraction of sp³-hybridized carbons (Fsp3) is 0.259. The van der Waals surface area contributed by atoms with Crippen LogP contribution in [0, 0.1) is 0 Å². The Bertz CT molecular complexity index is 1320. The molecule has 35 heavy (non-hydrogen) atoms. The Morgan fingerprint density at radius 1 is 0.971 bits per heavy atom. The summed E-state index contributed by atoms with van der Waals surface area (Å²) in [5.74, 6) is -0.661. The quantitative estimate of drug-likeness (QED) is 0.398. The highest BCUT2D eigenvalue weighted by atomic mass is 35.5. The summed E-state index contributed by atoms with van der Waals surface area (Å²) >= 11 is 6.10. The number of halogens is 1. The predicted octanol–water partition coefficient (Wildman–Crippen LogP) is 5.03. The summed E-state index contributed by atoms with van der Waals surface area (Å²) in [6.45, 7) is 4.15. The molecular weight excluding hydrogens is 484 g/mol. The number of anilines is 1. The average molecular weight is 511 g/mol. The van der Waals surface area contributed by atoms with Gasteiger partial charge in [0.2, 0.25) is 15.9 Å². The van der Waals surface area contributed by atoms with Crippen molar-refractivity contribution in [1.82, 2.24) is 4.31 Å². The van der Waals surface area contributed by atoms with E-state index in [0.29, 0.717) is 23.0 Å². The molecule has 3 aromatic rings. The number of hydrogen-bond acceptors (Lipinski definition) is 4. The lowest BCUT2D eigenvalue weighted by Crippen LogP contribution is -2.46. The molecule has 0 spiro atoms. The van der Waals surface area contributed by atoms with Crippen LogP contribution in [-0.2, 0) is 26.0 Å². The minimum Gasteiger partial charge on any atom is -0.274 e. The predicted molar refractivity (Wildman–Crippen MR) is 137 cm³/mol. The second-order valence-electron chi connectivity index (χ2n) is 8.84. The van der Waals surface area contributed by atoms with Gasteiger partial charge in [0.25, 0.3) is 5.91 Å². The van der Waals surface area contributed by atoms with Crippen LogP contribution in [0.1, 0.15) is 37.3 Å². The van der Waals surface area contributed by atoms with Gasteiger partial charge < -0.3 is 0 Å². The Kier molecular flexibility index (Phi) is 7.40. The van der Waals surface area contributed by atoms with E-state index in [1.165, 1.54) is 12.1 Å². The number of imide groups is 1. The molecule has 182 valence electrons. The third-order valence-electron chi connectivity index (χ3n) is 6.15. The van der Waals surface area contributed by atoms with Gasteiger partial charge in [0.15, 0.2) is 0 Å². The van der Waals surface area contributed by atoms with Gasteiger partial charge in [0, 0.05) is 11.6 Å². The molecule has 8 heteroatoms. The number of rotatable bonds is 8. The zero-order valence-electron chi connectivity index (χ0n) is 19.6. The molecule has 1 atom stereocenters. The number of carbonyl (C=O) groups excluding carboxylic acids is 2. The van der Waals surface area contributed by atoms with Crippen molar-refractivity contribution in [2.75, 3.05) is 11.4 Å². The normalized spacial score (nSPS) is 16.5. The van der Waals surface area contributed by atoms with Gasteiger partial charge in [-0.1, -0.05) is 67.9 Å². The van der Waals surface area contributed by atoms with E-state index in [4.69, 9.17) is 11.6 Å². The fourth-order valence-electron chi connectivity index (χ4n) is 4.22. The van der Waals surface area contributed by atoms with Crippen molar-refractivity contribution in [3.63, 3.8) is 0 Å². The van der Waals surface area contributed by atoms with Crippen LogP contribution in [-0.4, -0.2) is 37.1 Å². The summed E-state index contributed by atoms with van der Waals surface area (Å²) in [5.41, 5.74) is 2.36. The summed E-state index contributed by atoms with van der Waals surface area (Å²) in [5, 5.41) is 0.545.